The second kappa shape index (κ2) is 7.81. The lowest BCUT2D eigenvalue weighted by Gasteiger charge is -2.24. The van der Waals surface area contributed by atoms with Crippen molar-refractivity contribution in [3.8, 4) is 5.75 Å². The predicted octanol–water partition coefficient (Wildman–Crippen LogP) is 2.82. The van der Waals surface area contributed by atoms with Gasteiger partial charge in [-0.25, -0.2) is 9.97 Å². The molecule has 3 rings (SSSR count). The summed E-state index contributed by atoms with van der Waals surface area (Å²) in [6, 6.07) is 7.99. The molecule has 0 saturated carbocycles. The van der Waals surface area contributed by atoms with E-state index >= 15 is 0 Å². The van der Waals surface area contributed by atoms with E-state index in [4.69, 9.17) is 4.74 Å². The fraction of sp³-hybridized carbons (Fsp3) is 0.412. The third-order valence-electron chi connectivity index (χ3n) is 4.24. The lowest BCUT2D eigenvalue weighted by Crippen LogP contribution is -2.32. The van der Waals surface area contributed by atoms with Gasteiger partial charge in [-0.1, -0.05) is 15.9 Å². The number of aliphatic hydroxyl groups is 1. The molecule has 0 radical (unpaired) electrons. The second-order valence-corrected chi connectivity index (χ2v) is 6.66. The predicted molar refractivity (Wildman–Crippen MR) is 97.5 cm³/mol. The molecule has 128 valence electrons. The molecule has 2 aromatic rings. The van der Waals surface area contributed by atoms with Gasteiger partial charge in [0.1, 0.15) is 23.7 Å². The fourth-order valence-electron chi connectivity index (χ4n) is 3.00. The summed E-state index contributed by atoms with van der Waals surface area (Å²) in [4.78, 5) is 10.8. The molecule has 1 atom stereocenters. The maximum Gasteiger partial charge on any atom is 0.134 e. The molecule has 1 saturated heterocycles. The molecule has 7 heteroatoms. The minimum absolute atomic E-state index is 0.151. The summed E-state index contributed by atoms with van der Waals surface area (Å²) in [6.45, 7) is 1.67. The van der Waals surface area contributed by atoms with E-state index in [9.17, 15) is 5.11 Å². The Hall–Kier alpha value is -1.86. The van der Waals surface area contributed by atoms with Gasteiger partial charge in [0.25, 0.3) is 0 Å². The summed E-state index contributed by atoms with van der Waals surface area (Å²) in [7, 11) is 1.66. The van der Waals surface area contributed by atoms with Gasteiger partial charge < -0.3 is 20.1 Å². The Morgan fingerprint density at radius 3 is 3.04 bits per heavy atom. The molecule has 1 fully saturated rings. The molecular weight excluding hydrogens is 372 g/mol. The molecule has 2 heterocycles. The van der Waals surface area contributed by atoms with Gasteiger partial charge in [0, 0.05) is 29.2 Å². The van der Waals surface area contributed by atoms with Crippen LogP contribution >= 0.6 is 15.9 Å². The Balaban J connectivity index is 1.72. The summed E-state index contributed by atoms with van der Waals surface area (Å²) in [5.41, 5.74) is 1.04. The van der Waals surface area contributed by atoms with Gasteiger partial charge in [-0.2, -0.15) is 0 Å². The van der Waals surface area contributed by atoms with Crippen LogP contribution in [0.25, 0.3) is 0 Å². The fourth-order valence-corrected chi connectivity index (χ4v) is 3.41. The molecular formula is C17H21BrN4O2. The van der Waals surface area contributed by atoms with E-state index in [1.54, 1.807) is 13.4 Å². The van der Waals surface area contributed by atoms with Crippen LogP contribution in [0.3, 0.4) is 0 Å². The molecule has 1 aliphatic rings. The number of nitrogens with zero attached hydrogens (tertiary/aromatic N) is 3. The smallest absolute Gasteiger partial charge is 0.134 e. The first-order valence-corrected chi connectivity index (χ1v) is 8.76. The number of rotatable bonds is 6. The van der Waals surface area contributed by atoms with Crippen LogP contribution in [0, 0.1) is 0 Å². The Morgan fingerprint density at radius 2 is 2.25 bits per heavy atom. The normalized spacial score (nSPS) is 17.1. The highest BCUT2D eigenvalue weighted by molar-refractivity contribution is 9.10. The van der Waals surface area contributed by atoms with Gasteiger partial charge in [-0.3, -0.25) is 0 Å². The van der Waals surface area contributed by atoms with Crippen LogP contribution in [0.5, 0.6) is 5.75 Å². The van der Waals surface area contributed by atoms with Gasteiger partial charge in [-0.15, -0.1) is 0 Å². The average molecular weight is 393 g/mol. The van der Waals surface area contributed by atoms with E-state index < -0.39 is 0 Å². The van der Waals surface area contributed by atoms with Crippen molar-refractivity contribution in [1.82, 2.24) is 9.97 Å². The van der Waals surface area contributed by atoms with Crippen molar-refractivity contribution in [3.05, 3.63) is 40.6 Å². The molecule has 1 aliphatic heterocycles. The Bertz CT molecular complexity index is 698. The first-order chi connectivity index (χ1) is 11.7. The van der Waals surface area contributed by atoms with E-state index in [0.29, 0.717) is 6.54 Å². The third kappa shape index (κ3) is 3.79. The first-order valence-electron chi connectivity index (χ1n) is 7.97. The number of methoxy groups -OCH3 is 1. The average Bonchev–Trinajstić information content (AvgIpc) is 3.09. The van der Waals surface area contributed by atoms with Crippen LogP contribution in [-0.2, 0) is 6.54 Å². The quantitative estimate of drug-likeness (QED) is 0.787. The highest BCUT2D eigenvalue weighted by Crippen LogP contribution is 2.26. The van der Waals surface area contributed by atoms with Gasteiger partial charge in [0.05, 0.1) is 19.8 Å². The third-order valence-corrected chi connectivity index (χ3v) is 4.73. The van der Waals surface area contributed by atoms with E-state index in [1.165, 1.54) is 0 Å². The highest BCUT2D eigenvalue weighted by atomic mass is 79.9. The zero-order valence-corrected chi connectivity index (χ0v) is 15.2. The number of benzene rings is 1. The summed E-state index contributed by atoms with van der Waals surface area (Å²) >= 11 is 3.48. The van der Waals surface area contributed by atoms with Gasteiger partial charge >= 0.3 is 0 Å². The number of anilines is 2. The zero-order chi connectivity index (χ0) is 16.9. The van der Waals surface area contributed by atoms with Crippen molar-refractivity contribution < 1.29 is 9.84 Å². The van der Waals surface area contributed by atoms with Crippen molar-refractivity contribution in [1.29, 1.82) is 0 Å². The van der Waals surface area contributed by atoms with Crippen LogP contribution in [0.1, 0.15) is 18.4 Å². The Morgan fingerprint density at radius 1 is 1.38 bits per heavy atom. The Labute approximate surface area is 150 Å². The summed E-state index contributed by atoms with van der Waals surface area (Å²) in [5.74, 6) is 2.44. The number of aromatic nitrogens is 2. The van der Waals surface area contributed by atoms with Gasteiger partial charge in [-0.05, 0) is 31.0 Å². The molecule has 0 bridgehead atoms. The molecule has 1 aromatic heterocycles. The summed E-state index contributed by atoms with van der Waals surface area (Å²) < 4.78 is 6.40. The molecule has 0 amide bonds. The molecule has 24 heavy (non-hydrogen) atoms. The maximum atomic E-state index is 9.48. The van der Waals surface area contributed by atoms with Crippen molar-refractivity contribution in [2.45, 2.75) is 25.4 Å². The van der Waals surface area contributed by atoms with E-state index in [-0.39, 0.29) is 12.6 Å². The number of halogens is 1. The van der Waals surface area contributed by atoms with Crippen molar-refractivity contribution in [2.75, 3.05) is 30.5 Å². The summed E-state index contributed by atoms with van der Waals surface area (Å²) in [5, 5.41) is 12.8. The number of ether oxygens (including phenoxy) is 1. The van der Waals surface area contributed by atoms with Gasteiger partial charge in [0.2, 0.25) is 0 Å². The largest absolute Gasteiger partial charge is 0.496 e. The number of hydrogen-bond donors (Lipinski definition) is 2. The van der Waals surface area contributed by atoms with E-state index in [2.05, 4.69) is 36.1 Å². The van der Waals surface area contributed by atoms with Crippen LogP contribution in [0.15, 0.2) is 35.1 Å². The molecule has 1 aromatic carbocycles. The Kier molecular flexibility index (Phi) is 5.52. The summed E-state index contributed by atoms with van der Waals surface area (Å²) in [6.07, 6.45) is 3.63. The lowest BCUT2D eigenvalue weighted by atomic mass is 10.2. The zero-order valence-electron chi connectivity index (χ0n) is 13.6. The number of aliphatic hydroxyl groups excluding tert-OH is 1. The number of nitrogens with one attached hydrogen (secondary N) is 1. The van der Waals surface area contributed by atoms with Gasteiger partial charge in [0.15, 0.2) is 0 Å². The molecule has 6 nitrogen and oxygen atoms in total. The number of hydrogen-bond acceptors (Lipinski definition) is 6. The molecule has 1 unspecified atom stereocenters. The highest BCUT2D eigenvalue weighted by Gasteiger charge is 2.25. The lowest BCUT2D eigenvalue weighted by molar-refractivity contribution is 0.266. The second-order valence-electron chi connectivity index (χ2n) is 5.74. The minimum atomic E-state index is 0.151. The monoisotopic (exact) mass is 392 g/mol. The minimum Gasteiger partial charge on any atom is -0.496 e. The van der Waals surface area contributed by atoms with Crippen LogP contribution in [-0.4, -0.2) is 41.4 Å². The first kappa shape index (κ1) is 17.0. The van der Waals surface area contributed by atoms with E-state index in [0.717, 1.165) is 46.8 Å². The molecule has 2 N–H and O–H groups in total. The topological polar surface area (TPSA) is 70.5 Å². The van der Waals surface area contributed by atoms with E-state index in [1.807, 2.05) is 24.3 Å². The van der Waals surface area contributed by atoms with Crippen LogP contribution in [0.2, 0.25) is 0 Å². The van der Waals surface area contributed by atoms with Crippen molar-refractivity contribution >= 4 is 27.6 Å². The SMILES string of the molecule is COc1ccc(Br)cc1CNc1cc(N2CCCC2CO)ncn1. The van der Waals surface area contributed by atoms with Crippen molar-refractivity contribution in [3.63, 3.8) is 0 Å². The van der Waals surface area contributed by atoms with Crippen LogP contribution < -0.4 is 15.0 Å². The van der Waals surface area contributed by atoms with Crippen LogP contribution in [0.4, 0.5) is 11.6 Å². The standard InChI is InChI=1S/C17H21BrN4O2/c1-24-15-5-4-13(18)7-12(15)9-19-16-8-17(21-11-20-16)22-6-2-3-14(22)10-23/h4-5,7-8,11,14,23H,2-3,6,9-10H2,1H3,(H,19,20,21). The molecule has 0 spiro atoms. The van der Waals surface area contributed by atoms with Crippen molar-refractivity contribution in [2.24, 2.45) is 0 Å². The molecule has 0 aliphatic carbocycles. The maximum absolute atomic E-state index is 9.48.